The van der Waals surface area contributed by atoms with Crippen LogP contribution in [0.2, 0.25) is 0 Å². The van der Waals surface area contributed by atoms with E-state index >= 15 is 0 Å². The van der Waals surface area contributed by atoms with Gasteiger partial charge in [-0.2, -0.15) is 25.2 Å². The van der Waals surface area contributed by atoms with Crippen molar-refractivity contribution in [1.82, 2.24) is 15.3 Å². The molecule has 150 valence electrons. The van der Waals surface area contributed by atoms with Crippen LogP contribution >= 0.6 is 11.8 Å². The van der Waals surface area contributed by atoms with Crippen molar-refractivity contribution in [3.63, 3.8) is 0 Å². The smallest absolute Gasteiger partial charge is 0.337 e. The first kappa shape index (κ1) is 19.9. The third-order valence-electron chi connectivity index (χ3n) is 4.94. The highest BCUT2D eigenvalue weighted by Crippen LogP contribution is 2.38. The molecule has 13 heteroatoms. The average Bonchev–Trinajstić information content (AvgIpc) is 3.18. The molecule has 27 heavy (non-hydrogen) atoms. The van der Waals surface area contributed by atoms with Crippen molar-refractivity contribution in [2.24, 2.45) is 0 Å². The summed E-state index contributed by atoms with van der Waals surface area (Å²) in [6, 6.07) is -1.24. The van der Waals surface area contributed by atoms with Gasteiger partial charge in [0.05, 0.1) is 12.1 Å². The molecule has 3 heterocycles. The summed E-state index contributed by atoms with van der Waals surface area (Å²) >= 11 is 1.50. The van der Waals surface area contributed by atoms with E-state index in [0.29, 0.717) is 12.2 Å². The normalized spacial score (nSPS) is 29.2. The van der Waals surface area contributed by atoms with Crippen molar-refractivity contribution >= 4 is 45.7 Å². The number of nitrogens with one attached hydrogen (secondary N) is 1. The second kappa shape index (κ2) is 7.28. The van der Waals surface area contributed by atoms with Crippen molar-refractivity contribution in [3.05, 3.63) is 0 Å². The molecule has 0 radical (unpaired) electrons. The first-order valence-electron chi connectivity index (χ1n) is 8.37. The van der Waals surface area contributed by atoms with Gasteiger partial charge in [0.25, 0.3) is 10.1 Å². The second-order valence-electron chi connectivity index (χ2n) is 6.63. The van der Waals surface area contributed by atoms with E-state index in [9.17, 15) is 27.6 Å². The number of carbonyl (C=O) groups excluding carboxylic acids is 3. The summed E-state index contributed by atoms with van der Waals surface area (Å²) in [5.41, 5.74) is 0. The molecule has 11 nitrogen and oxygen atoms in total. The Morgan fingerprint density at radius 3 is 2.44 bits per heavy atom. The largest absolute Gasteiger partial charge is 0.480 e. The third-order valence-corrected chi connectivity index (χ3v) is 7.59. The van der Waals surface area contributed by atoms with Gasteiger partial charge in [-0.25, -0.2) is 9.80 Å². The number of carboxylic acid groups (broad SMARTS) is 1. The van der Waals surface area contributed by atoms with Gasteiger partial charge in [-0.15, -0.1) is 0 Å². The molecule has 0 aliphatic carbocycles. The van der Waals surface area contributed by atoms with Gasteiger partial charge in [0, 0.05) is 23.8 Å². The SMILES string of the molecule is O=C(O)C(CCC[C@@H]1SC[C@H]2[C@@H]1NC(=O)N2N1C(=O)CCC1=O)S(=O)(=O)O. The van der Waals surface area contributed by atoms with Crippen LogP contribution in [0.3, 0.4) is 0 Å². The van der Waals surface area contributed by atoms with E-state index in [0.717, 1.165) is 5.01 Å². The zero-order chi connectivity index (χ0) is 19.9. The van der Waals surface area contributed by atoms with Crippen LogP contribution in [0.1, 0.15) is 32.1 Å². The molecule has 3 aliphatic rings. The quantitative estimate of drug-likeness (QED) is 0.278. The summed E-state index contributed by atoms with van der Waals surface area (Å²) in [6.45, 7) is 0. The summed E-state index contributed by atoms with van der Waals surface area (Å²) in [5.74, 6) is -1.95. The predicted octanol–water partition coefficient (Wildman–Crippen LogP) is -0.560. The molecule has 3 rings (SSSR count). The lowest BCUT2D eigenvalue weighted by Gasteiger charge is -2.29. The Kier molecular flexibility index (Phi) is 5.36. The summed E-state index contributed by atoms with van der Waals surface area (Å²) < 4.78 is 31.2. The number of carboxylic acids is 1. The van der Waals surface area contributed by atoms with Crippen LogP contribution in [0.25, 0.3) is 0 Å². The molecule has 4 atom stereocenters. The minimum absolute atomic E-state index is 0.0722. The Hall–Kier alpha value is -1.86. The topological polar surface area (TPSA) is 161 Å². The van der Waals surface area contributed by atoms with Gasteiger partial charge >= 0.3 is 12.0 Å². The molecule has 3 N–H and O–H groups in total. The fourth-order valence-corrected chi connectivity index (χ4v) is 5.96. The summed E-state index contributed by atoms with van der Waals surface area (Å²) in [7, 11) is -4.68. The number of amides is 4. The number of imide groups is 1. The maximum Gasteiger partial charge on any atom is 0.337 e. The molecule has 3 aliphatic heterocycles. The standard InChI is InChI=1S/C14H19N3O8S2/c18-10-4-5-11(19)17(10)16-7-6-26-8(12(7)15-14(16)22)2-1-3-9(13(20)21)27(23,24)25/h7-9,12H,1-6H2,(H,15,22)(H,20,21)(H,23,24,25)/t7-,8-,9?,12-/m0/s1. The van der Waals surface area contributed by atoms with Crippen LogP contribution in [-0.4, -0.2) is 80.2 Å². The number of fused-ring (bicyclic) bond motifs is 1. The maximum atomic E-state index is 12.3. The Morgan fingerprint density at radius 2 is 1.89 bits per heavy atom. The average molecular weight is 421 g/mol. The van der Waals surface area contributed by atoms with Crippen LogP contribution < -0.4 is 5.32 Å². The first-order valence-corrected chi connectivity index (χ1v) is 10.9. The Balaban J connectivity index is 1.62. The van der Waals surface area contributed by atoms with E-state index in [1.165, 1.54) is 16.8 Å². The van der Waals surface area contributed by atoms with Gasteiger partial charge in [-0.1, -0.05) is 6.42 Å². The van der Waals surface area contributed by atoms with Crippen LogP contribution in [0.5, 0.6) is 0 Å². The summed E-state index contributed by atoms with van der Waals surface area (Å²) in [5, 5.41) is 11.8. The number of hydrogen-bond donors (Lipinski definition) is 3. The van der Waals surface area contributed by atoms with Gasteiger partial charge in [0.15, 0.2) is 5.25 Å². The van der Waals surface area contributed by atoms with Crippen molar-refractivity contribution < 1.29 is 37.3 Å². The Bertz CT molecular complexity index is 769. The van der Waals surface area contributed by atoms with Crippen LogP contribution in [0.4, 0.5) is 4.79 Å². The molecule has 1 unspecified atom stereocenters. The number of carbonyl (C=O) groups is 4. The van der Waals surface area contributed by atoms with E-state index in [2.05, 4.69) is 5.32 Å². The molecule has 4 amide bonds. The fraction of sp³-hybridized carbons (Fsp3) is 0.714. The Labute approximate surface area is 159 Å². The Morgan fingerprint density at radius 1 is 1.26 bits per heavy atom. The maximum absolute atomic E-state index is 12.3. The minimum Gasteiger partial charge on any atom is -0.480 e. The van der Waals surface area contributed by atoms with Crippen LogP contribution in [-0.2, 0) is 24.5 Å². The van der Waals surface area contributed by atoms with Crippen molar-refractivity contribution in [1.29, 1.82) is 0 Å². The third kappa shape index (κ3) is 3.75. The molecule has 3 fully saturated rings. The number of hydrazine groups is 1. The number of urea groups is 1. The summed E-state index contributed by atoms with van der Waals surface area (Å²) in [6.07, 6.45) is 0.533. The van der Waals surface area contributed by atoms with E-state index in [-0.39, 0.29) is 43.0 Å². The molecule has 0 spiro atoms. The lowest BCUT2D eigenvalue weighted by atomic mass is 10.0. The molecule has 3 saturated heterocycles. The fourth-order valence-electron chi connectivity index (χ4n) is 3.66. The molecule has 0 bridgehead atoms. The van der Waals surface area contributed by atoms with Crippen LogP contribution in [0, 0.1) is 0 Å². The van der Waals surface area contributed by atoms with E-state index in [4.69, 9.17) is 9.66 Å². The predicted molar refractivity (Wildman–Crippen MR) is 92.1 cm³/mol. The van der Waals surface area contributed by atoms with Crippen LogP contribution in [0.15, 0.2) is 0 Å². The van der Waals surface area contributed by atoms with E-state index in [1.54, 1.807) is 0 Å². The van der Waals surface area contributed by atoms with Gasteiger partial charge < -0.3 is 10.4 Å². The molecule has 0 saturated carbocycles. The number of aliphatic carboxylic acids is 1. The zero-order valence-corrected chi connectivity index (χ0v) is 15.7. The van der Waals surface area contributed by atoms with Gasteiger partial charge in [0.2, 0.25) is 11.8 Å². The van der Waals surface area contributed by atoms with Crippen molar-refractivity contribution in [2.45, 2.75) is 54.7 Å². The zero-order valence-electron chi connectivity index (χ0n) is 14.1. The molecule has 0 aromatic rings. The minimum atomic E-state index is -4.68. The highest BCUT2D eigenvalue weighted by molar-refractivity contribution is 8.00. The monoisotopic (exact) mass is 421 g/mol. The van der Waals surface area contributed by atoms with Gasteiger partial charge in [-0.3, -0.25) is 18.9 Å². The van der Waals surface area contributed by atoms with Gasteiger partial charge in [-0.05, 0) is 12.8 Å². The van der Waals surface area contributed by atoms with Crippen molar-refractivity contribution in [2.75, 3.05) is 5.75 Å². The molecule has 0 aromatic carbocycles. The first-order chi connectivity index (χ1) is 12.6. The second-order valence-corrected chi connectivity index (χ2v) is 9.50. The highest BCUT2D eigenvalue weighted by atomic mass is 32.2. The lowest BCUT2D eigenvalue weighted by molar-refractivity contribution is -0.153. The number of thioether (sulfide) groups is 1. The number of rotatable bonds is 7. The number of nitrogens with zero attached hydrogens (tertiary/aromatic N) is 2. The number of hydrogen-bond acceptors (Lipinski definition) is 7. The molecular formula is C14H19N3O8S2. The molecule has 0 aromatic heterocycles. The molecular weight excluding hydrogens is 402 g/mol. The summed E-state index contributed by atoms with van der Waals surface area (Å²) in [4.78, 5) is 47.1. The van der Waals surface area contributed by atoms with E-state index < -0.39 is 39.2 Å². The van der Waals surface area contributed by atoms with Gasteiger partial charge in [0.1, 0.15) is 0 Å². The highest BCUT2D eigenvalue weighted by Gasteiger charge is 2.53. The van der Waals surface area contributed by atoms with E-state index in [1.807, 2.05) is 0 Å². The van der Waals surface area contributed by atoms with Crippen molar-refractivity contribution in [3.8, 4) is 0 Å². The lowest BCUT2D eigenvalue weighted by Crippen LogP contribution is -2.52.